The highest BCUT2D eigenvalue weighted by Gasteiger charge is 2.27. The third kappa shape index (κ3) is 3.11. The molecule has 3 rings (SSSR count). The van der Waals surface area contributed by atoms with Gasteiger partial charge in [0.15, 0.2) is 0 Å². The average Bonchev–Trinajstić information content (AvgIpc) is 2.57. The third-order valence-electron chi connectivity index (χ3n) is 4.31. The Morgan fingerprint density at radius 1 is 1.04 bits per heavy atom. The molecule has 118 valence electrons. The fourth-order valence-corrected chi connectivity index (χ4v) is 2.87. The Kier molecular flexibility index (Phi) is 4.15. The summed E-state index contributed by atoms with van der Waals surface area (Å²) in [5, 5.41) is 2.71. The second-order valence-electron chi connectivity index (χ2n) is 5.94. The van der Waals surface area contributed by atoms with E-state index in [0.717, 1.165) is 35.2 Å². The second-order valence-corrected chi connectivity index (χ2v) is 5.94. The Morgan fingerprint density at radius 3 is 2.61 bits per heavy atom. The molecular formula is C19H20N2O2. The molecule has 4 nitrogen and oxygen atoms in total. The van der Waals surface area contributed by atoms with E-state index in [0.29, 0.717) is 12.2 Å². The van der Waals surface area contributed by atoms with Crippen molar-refractivity contribution < 1.29 is 9.59 Å². The number of para-hydroxylation sites is 1. The number of hydrogen-bond acceptors (Lipinski definition) is 2. The minimum atomic E-state index is -0.593. The summed E-state index contributed by atoms with van der Waals surface area (Å²) < 4.78 is 0. The molecule has 0 saturated carbocycles. The summed E-state index contributed by atoms with van der Waals surface area (Å²) in [6.07, 6.45) is 1.82. The summed E-state index contributed by atoms with van der Waals surface area (Å²) in [5.74, 6) is -1.10. The van der Waals surface area contributed by atoms with Gasteiger partial charge in [0.25, 0.3) is 0 Å². The number of carbonyl (C=O) groups excluding carboxylic acids is 2. The van der Waals surface area contributed by atoms with Gasteiger partial charge in [-0.05, 0) is 61.6 Å². The number of amides is 2. The first-order valence-electron chi connectivity index (χ1n) is 7.84. The first-order chi connectivity index (χ1) is 11.1. The predicted octanol–water partition coefficient (Wildman–Crippen LogP) is 3.22. The van der Waals surface area contributed by atoms with Crippen LogP contribution in [0.2, 0.25) is 0 Å². The first-order valence-corrected chi connectivity index (χ1v) is 7.84. The second kappa shape index (κ2) is 6.24. The minimum absolute atomic E-state index is 0.504. The largest absolute Gasteiger partial charge is 0.318 e. The zero-order valence-electron chi connectivity index (χ0n) is 13.4. The molecule has 1 heterocycles. The molecular weight excluding hydrogens is 288 g/mol. The van der Waals surface area contributed by atoms with Crippen LogP contribution < -0.4 is 10.2 Å². The maximum absolute atomic E-state index is 12.5. The number of benzene rings is 2. The number of nitrogens with zero attached hydrogens (tertiary/aromatic N) is 1. The molecule has 0 aromatic heterocycles. The van der Waals surface area contributed by atoms with Gasteiger partial charge in [0.2, 0.25) is 0 Å². The molecule has 2 amide bonds. The summed E-state index contributed by atoms with van der Waals surface area (Å²) in [7, 11) is 0. The molecule has 0 radical (unpaired) electrons. The lowest BCUT2D eigenvalue weighted by molar-refractivity contribution is -0.134. The van der Waals surface area contributed by atoms with Crippen molar-refractivity contribution >= 4 is 23.2 Å². The maximum Gasteiger partial charge on any atom is 0.316 e. The van der Waals surface area contributed by atoms with Crippen molar-refractivity contribution in [3.8, 4) is 0 Å². The SMILES string of the molecule is Cc1ccc(NC(=O)C(=O)N2CCCc3ccccc32)cc1C. The molecule has 0 saturated heterocycles. The summed E-state index contributed by atoms with van der Waals surface area (Å²) in [6, 6.07) is 13.4. The number of nitrogens with one attached hydrogen (secondary N) is 1. The molecule has 2 aromatic rings. The molecule has 1 aliphatic rings. The summed E-state index contributed by atoms with van der Waals surface area (Å²) in [6.45, 7) is 4.57. The molecule has 0 spiro atoms. The Hall–Kier alpha value is -2.62. The predicted molar refractivity (Wildman–Crippen MR) is 91.7 cm³/mol. The topological polar surface area (TPSA) is 49.4 Å². The van der Waals surface area contributed by atoms with Crippen LogP contribution in [0.1, 0.15) is 23.1 Å². The van der Waals surface area contributed by atoms with Gasteiger partial charge >= 0.3 is 11.8 Å². The van der Waals surface area contributed by atoms with Crippen LogP contribution in [-0.2, 0) is 16.0 Å². The fourth-order valence-electron chi connectivity index (χ4n) is 2.87. The van der Waals surface area contributed by atoms with E-state index in [9.17, 15) is 9.59 Å². The van der Waals surface area contributed by atoms with Crippen LogP contribution >= 0.6 is 0 Å². The molecule has 1 N–H and O–H groups in total. The van der Waals surface area contributed by atoms with E-state index >= 15 is 0 Å². The van der Waals surface area contributed by atoms with Crippen LogP contribution in [0.3, 0.4) is 0 Å². The van der Waals surface area contributed by atoms with Crippen LogP contribution in [0.15, 0.2) is 42.5 Å². The normalized spacial score (nSPS) is 13.4. The van der Waals surface area contributed by atoms with Crippen molar-refractivity contribution in [2.24, 2.45) is 0 Å². The van der Waals surface area contributed by atoms with Crippen LogP contribution in [-0.4, -0.2) is 18.4 Å². The lowest BCUT2D eigenvalue weighted by Gasteiger charge is -2.28. The van der Waals surface area contributed by atoms with Gasteiger partial charge in [0, 0.05) is 17.9 Å². The van der Waals surface area contributed by atoms with Gasteiger partial charge in [-0.2, -0.15) is 0 Å². The Bertz CT molecular complexity index is 768. The smallest absolute Gasteiger partial charge is 0.316 e. The Balaban J connectivity index is 1.78. The number of carbonyl (C=O) groups is 2. The van der Waals surface area contributed by atoms with Crippen LogP contribution in [0.5, 0.6) is 0 Å². The van der Waals surface area contributed by atoms with Crippen molar-refractivity contribution in [1.82, 2.24) is 0 Å². The lowest BCUT2D eigenvalue weighted by atomic mass is 10.0. The van der Waals surface area contributed by atoms with Crippen LogP contribution in [0.4, 0.5) is 11.4 Å². The standard InChI is InChI=1S/C19H20N2O2/c1-13-9-10-16(12-14(13)2)20-18(22)19(23)21-11-5-7-15-6-3-4-8-17(15)21/h3-4,6,8-10,12H,5,7,11H2,1-2H3,(H,20,22). The van der Waals surface area contributed by atoms with E-state index in [1.807, 2.05) is 56.3 Å². The van der Waals surface area contributed by atoms with E-state index in [1.54, 1.807) is 4.90 Å². The quantitative estimate of drug-likeness (QED) is 0.822. The Morgan fingerprint density at radius 2 is 1.83 bits per heavy atom. The molecule has 0 bridgehead atoms. The molecule has 1 aliphatic heterocycles. The average molecular weight is 308 g/mol. The van der Waals surface area contributed by atoms with Crippen molar-refractivity contribution in [2.75, 3.05) is 16.8 Å². The van der Waals surface area contributed by atoms with Gasteiger partial charge in [-0.3, -0.25) is 9.59 Å². The van der Waals surface area contributed by atoms with E-state index < -0.39 is 11.8 Å². The van der Waals surface area contributed by atoms with Crippen molar-refractivity contribution in [2.45, 2.75) is 26.7 Å². The van der Waals surface area contributed by atoms with E-state index in [1.165, 1.54) is 0 Å². The lowest BCUT2D eigenvalue weighted by Crippen LogP contribution is -2.42. The highest BCUT2D eigenvalue weighted by atomic mass is 16.2. The summed E-state index contributed by atoms with van der Waals surface area (Å²) >= 11 is 0. The van der Waals surface area contributed by atoms with E-state index in [2.05, 4.69) is 5.32 Å². The molecule has 0 atom stereocenters. The fraction of sp³-hybridized carbons (Fsp3) is 0.263. The molecule has 0 unspecified atom stereocenters. The molecule has 0 aliphatic carbocycles. The highest BCUT2D eigenvalue weighted by Crippen LogP contribution is 2.27. The molecule has 0 fully saturated rings. The van der Waals surface area contributed by atoms with Gasteiger partial charge in [-0.1, -0.05) is 24.3 Å². The molecule has 23 heavy (non-hydrogen) atoms. The minimum Gasteiger partial charge on any atom is -0.318 e. The third-order valence-corrected chi connectivity index (χ3v) is 4.31. The summed E-state index contributed by atoms with van der Waals surface area (Å²) in [5.41, 5.74) is 4.85. The van der Waals surface area contributed by atoms with Crippen molar-refractivity contribution in [3.63, 3.8) is 0 Å². The maximum atomic E-state index is 12.5. The van der Waals surface area contributed by atoms with Gasteiger partial charge in [-0.25, -0.2) is 0 Å². The summed E-state index contributed by atoms with van der Waals surface area (Å²) in [4.78, 5) is 26.4. The Labute approximate surface area is 136 Å². The number of rotatable bonds is 1. The highest BCUT2D eigenvalue weighted by molar-refractivity contribution is 6.44. The number of hydrogen-bond donors (Lipinski definition) is 1. The van der Waals surface area contributed by atoms with Gasteiger partial charge < -0.3 is 10.2 Å². The number of fused-ring (bicyclic) bond motifs is 1. The van der Waals surface area contributed by atoms with Crippen LogP contribution in [0.25, 0.3) is 0 Å². The van der Waals surface area contributed by atoms with Gasteiger partial charge in [0.05, 0.1) is 0 Å². The monoisotopic (exact) mass is 308 g/mol. The first kappa shape index (κ1) is 15.3. The number of aryl methyl sites for hydroxylation is 3. The zero-order valence-corrected chi connectivity index (χ0v) is 13.4. The molecule has 4 heteroatoms. The molecule has 2 aromatic carbocycles. The van der Waals surface area contributed by atoms with Crippen molar-refractivity contribution in [3.05, 3.63) is 59.2 Å². The van der Waals surface area contributed by atoms with Crippen LogP contribution in [0, 0.1) is 13.8 Å². The van der Waals surface area contributed by atoms with Gasteiger partial charge in [0.1, 0.15) is 0 Å². The van der Waals surface area contributed by atoms with E-state index in [4.69, 9.17) is 0 Å². The zero-order chi connectivity index (χ0) is 16.4. The van der Waals surface area contributed by atoms with Gasteiger partial charge in [-0.15, -0.1) is 0 Å². The van der Waals surface area contributed by atoms with Crippen molar-refractivity contribution in [1.29, 1.82) is 0 Å². The van der Waals surface area contributed by atoms with E-state index in [-0.39, 0.29) is 0 Å². The number of anilines is 2.